The average Bonchev–Trinajstić information content (AvgIpc) is 2.41. The van der Waals surface area contributed by atoms with E-state index in [0.29, 0.717) is 27.1 Å². The molecule has 1 atom stereocenters. The van der Waals surface area contributed by atoms with Crippen LogP contribution in [0.25, 0.3) is 0 Å². The molecule has 0 saturated carbocycles. The Balaban J connectivity index is 2.30. The Morgan fingerprint density at radius 2 is 1.71 bits per heavy atom. The highest BCUT2D eigenvalue weighted by Gasteiger charge is 2.17. The maximum atomic E-state index is 14.1. The van der Waals surface area contributed by atoms with Gasteiger partial charge in [-0.1, -0.05) is 53.9 Å². The van der Waals surface area contributed by atoms with Crippen LogP contribution in [0.1, 0.15) is 24.1 Å². The maximum absolute atomic E-state index is 14.1. The fourth-order valence-electron chi connectivity index (χ4n) is 2.23. The third-order valence-corrected chi connectivity index (χ3v) is 4.05. The molecule has 0 bridgehead atoms. The standard InChI is InChI=1S/C16H15Cl3FN/c1-2-21-16(13-6-5-12(18)9-15(13)20)7-10-3-4-11(17)8-14(10)19/h3-6,8-9,16,21H,2,7H2,1H3. The van der Waals surface area contributed by atoms with E-state index in [1.165, 1.54) is 6.07 Å². The monoisotopic (exact) mass is 345 g/mol. The lowest BCUT2D eigenvalue weighted by Gasteiger charge is -2.20. The minimum atomic E-state index is -0.321. The summed E-state index contributed by atoms with van der Waals surface area (Å²) in [5, 5.41) is 4.83. The molecule has 1 N–H and O–H groups in total. The fraction of sp³-hybridized carbons (Fsp3) is 0.250. The maximum Gasteiger partial charge on any atom is 0.129 e. The number of hydrogen-bond acceptors (Lipinski definition) is 1. The molecule has 0 amide bonds. The Morgan fingerprint density at radius 1 is 1.05 bits per heavy atom. The van der Waals surface area contributed by atoms with Gasteiger partial charge in [0.2, 0.25) is 0 Å². The molecule has 0 aliphatic rings. The number of halogens is 4. The number of likely N-dealkylation sites (N-methyl/N-ethyl adjacent to an activating group) is 1. The molecule has 0 heterocycles. The SMILES string of the molecule is CCNC(Cc1ccc(Cl)cc1Cl)c1ccc(Cl)cc1F. The highest BCUT2D eigenvalue weighted by atomic mass is 35.5. The molecule has 0 aliphatic heterocycles. The van der Waals surface area contributed by atoms with Gasteiger partial charge >= 0.3 is 0 Å². The van der Waals surface area contributed by atoms with E-state index in [1.807, 2.05) is 13.0 Å². The first-order valence-corrected chi connectivity index (χ1v) is 7.77. The van der Waals surface area contributed by atoms with Gasteiger partial charge in [0.05, 0.1) is 0 Å². The second-order valence-corrected chi connectivity index (χ2v) is 6.00. The number of rotatable bonds is 5. The van der Waals surface area contributed by atoms with Gasteiger partial charge < -0.3 is 5.32 Å². The molecular weight excluding hydrogens is 332 g/mol. The predicted molar refractivity (Wildman–Crippen MR) is 88.0 cm³/mol. The Kier molecular flexibility index (Phi) is 5.88. The van der Waals surface area contributed by atoms with E-state index in [0.717, 1.165) is 12.1 Å². The van der Waals surface area contributed by atoms with Crippen molar-refractivity contribution in [3.63, 3.8) is 0 Å². The van der Waals surface area contributed by atoms with Crippen molar-refractivity contribution in [1.82, 2.24) is 5.32 Å². The van der Waals surface area contributed by atoms with Crippen LogP contribution in [0.3, 0.4) is 0 Å². The van der Waals surface area contributed by atoms with Gasteiger partial charge in [-0.15, -0.1) is 0 Å². The van der Waals surface area contributed by atoms with Crippen LogP contribution in [0.2, 0.25) is 15.1 Å². The lowest BCUT2D eigenvalue weighted by molar-refractivity contribution is 0.510. The molecule has 112 valence electrons. The molecule has 5 heteroatoms. The molecular formula is C16H15Cl3FN. The summed E-state index contributed by atoms with van der Waals surface area (Å²) in [6.45, 7) is 2.70. The summed E-state index contributed by atoms with van der Waals surface area (Å²) < 4.78 is 14.1. The van der Waals surface area contributed by atoms with Crippen LogP contribution >= 0.6 is 34.8 Å². The summed E-state index contributed by atoms with van der Waals surface area (Å²) >= 11 is 17.9. The molecule has 21 heavy (non-hydrogen) atoms. The minimum absolute atomic E-state index is 0.175. The van der Waals surface area contributed by atoms with Crippen LogP contribution < -0.4 is 5.32 Å². The van der Waals surface area contributed by atoms with E-state index in [-0.39, 0.29) is 11.9 Å². The molecule has 1 nitrogen and oxygen atoms in total. The van der Waals surface area contributed by atoms with E-state index in [9.17, 15) is 4.39 Å². The van der Waals surface area contributed by atoms with Gasteiger partial charge in [-0.05, 0) is 42.8 Å². The van der Waals surface area contributed by atoms with Crippen molar-refractivity contribution in [2.24, 2.45) is 0 Å². The zero-order valence-corrected chi connectivity index (χ0v) is 13.7. The van der Waals surface area contributed by atoms with E-state index in [4.69, 9.17) is 34.8 Å². The molecule has 1 unspecified atom stereocenters. The van der Waals surface area contributed by atoms with Crippen LogP contribution in [0.4, 0.5) is 4.39 Å². The lowest BCUT2D eigenvalue weighted by atomic mass is 9.98. The Bertz CT molecular complexity index is 631. The molecule has 0 aromatic heterocycles. The summed E-state index contributed by atoms with van der Waals surface area (Å²) in [4.78, 5) is 0. The number of benzene rings is 2. The van der Waals surface area contributed by atoms with Gasteiger partial charge in [-0.3, -0.25) is 0 Å². The van der Waals surface area contributed by atoms with Crippen LogP contribution in [0.15, 0.2) is 36.4 Å². The molecule has 0 aliphatic carbocycles. The fourth-order valence-corrected chi connectivity index (χ4v) is 2.87. The smallest absolute Gasteiger partial charge is 0.129 e. The van der Waals surface area contributed by atoms with Crippen molar-refractivity contribution < 1.29 is 4.39 Å². The van der Waals surface area contributed by atoms with E-state index < -0.39 is 0 Å². The highest BCUT2D eigenvalue weighted by molar-refractivity contribution is 6.35. The summed E-state index contributed by atoms with van der Waals surface area (Å²) in [6, 6.07) is 9.88. The quantitative estimate of drug-likeness (QED) is 0.734. The van der Waals surface area contributed by atoms with Gasteiger partial charge in [-0.2, -0.15) is 0 Å². The lowest BCUT2D eigenvalue weighted by Crippen LogP contribution is -2.24. The topological polar surface area (TPSA) is 12.0 Å². The molecule has 0 fully saturated rings. The van der Waals surface area contributed by atoms with Crippen LogP contribution in [0, 0.1) is 5.82 Å². The van der Waals surface area contributed by atoms with Crippen molar-refractivity contribution >= 4 is 34.8 Å². The van der Waals surface area contributed by atoms with Crippen molar-refractivity contribution in [1.29, 1.82) is 0 Å². The van der Waals surface area contributed by atoms with Crippen molar-refractivity contribution in [2.45, 2.75) is 19.4 Å². The number of hydrogen-bond donors (Lipinski definition) is 1. The Morgan fingerprint density at radius 3 is 2.33 bits per heavy atom. The molecule has 2 rings (SSSR count). The normalized spacial score (nSPS) is 12.4. The first kappa shape index (κ1) is 16.6. The third-order valence-electron chi connectivity index (χ3n) is 3.23. The first-order valence-electron chi connectivity index (χ1n) is 6.63. The third kappa shape index (κ3) is 4.33. The van der Waals surface area contributed by atoms with Crippen LogP contribution in [0.5, 0.6) is 0 Å². The average molecular weight is 347 g/mol. The Labute approximate surface area is 139 Å². The zero-order valence-electron chi connectivity index (χ0n) is 11.5. The zero-order chi connectivity index (χ0) is 15.4. The van der Waals surface area contributed by atoms with Crippen molar-refractivity contribution in [2.75, 3.05) is 6.54 Å². The van der Waals surface area contributed by atoms with E-state index in [1.54, 1.807) is 24.3 Å². The summed E-state index contributed by atoms with van der Waals surface area (Å²) in [5.74, 6) is -0.321. The van der Waals surface area contributed by atoms with E-state index >= 15 is 0 Å². The predicted octanol–water partition coefficient (Wildman–Crippen LogP) is 5.68. The summed E-state index contributed by atoms with van der Waals surface area (Å²) in [5.41, 5.74) is 1.49. The molecule has 0 radical (unpaired) electrons. The molecule has 2 aromatic carbocycles. The van der Waals surface area contributed by atoms with Crippen molar-refractivity contribution in [3.05, 3.63) is 68.4 Å². The largest absolute Gasteiger partial charge is 0.310 e. The minimum Gasteiger partial charge on any atom is -0.310 e. The van der Waals surface area contributed by atoms with Gasteiger partial charge in [0.15, 0.2) is 0 Å². The summed E-state index contributed by atoms with van der Waals surface area (Å²) in [6.07, 6.45) is 0.572. The first-order chi connectivity index (χ1) is 10.0. The van der Waals surface area contributed by atoms with Gasteiger partial charge in [-0.25, -0.2) is 4.39 Å². The van der Waals surface area contributed by atoms with Crippen LogP contribution in [-0.2, 0) is 6.42 Å². The van der Waals surface area contributed by atoms with E-state index in [2.05, 4.69) is 5.32 Å². The molecule has 2 aromatic rings. The number of nitrogens with one attached hydrogen (secondary N) is 1. The Hall–Kier alpha value is -0.800. The van der Waals surface area contributed by atoms with Crippen molar-refractivity contribution in [3.8, 4) is 0 Å². The van der Waals surface area contributed by atoms with Gasteiger partial charge in [0, 0.05) is 26.7 Å². The van der Waals surface area contributed by atoms with Crippen LogP contribution in [-0.4, -0.2) is 6.54 Å². The second-order valence-electron chi connectivity index (χ2n) is 4.72. The second kappa shape index (κ2) is 7.46. The highest BCUT2D eigenvalue weighted by Crippen LogP contribution is 2.28. The molecule has 0 spiro atoms. The van der Waals surface area contributed by atoms with Gasteiger partial charge in [0.1, 0.15) is 5.82 Å². The molecule has 0 saturated heterocycles. The van der Waals surface area contributed by atoms with Gasteiger partial charge in [0.25, 0.3) is 0 Å². The summed E-state index contributed by atoms with van der Waals surface area (Å²) in [7, 11) is 0.